The summed E-state index contributed by atoms with van der Waals surface area (Å²) in [7, 11) is 1.36. The molecule has 1 unspecified atom stereocenters. The average molecular weight is 760 g/mol. The van der Waals surface area contributed by atoms with Crippen molar-refractivity contribution < 1.29 is 37.3 Å². The number of likely N-dealkylation sites (N-methyl/N-ethyl adjacent to an activating group) is 1. The molecule has 8 nitrogen and oxygen atoms in total. The van der Waals surface area contributed by atoms with Gasteiger partial charge in [-0.15, -0.1) is 0 Å². The van der Waals surface area contributed by atoms with Crippen LogP contribution in [0.3, 0.4) is 0 Å². The van der Waals surface area contributed by atoms with E-state index in [1.807, 2.05) is 21.1 Å². The Morgan fingerprint density at radius 3 is 1.50 bits per heavy atom. The van der Waals surface area contributed by atoms with Gasteiger partial charge in [0.25, 0.3) is 7.82 Å². The van der Waals surface area contributed by atoms with Crippen LogP contribution in [-0.4, -0.2) is 70.7 Å². The molecule has 0 radical (unpaired) electrons. The van der Waals surface area contributed by atoms with E-state index in [2.05, 4.69) is 26.0 Å². The van der Waals surface area contributed by atoms with E-state index in [4.69, 9.17) is 18.5 Å². The molecule has 0 aromatic heterocycles. The molecule has 52 heavy (non-hydrogen) atoms. The topological polar surface area (TPSA) is 94.1 Å². The molecular weight excluding hydrogens is 673 g/mol. The van der Waals surface area contributed by atoms with Crippen LogP contribution in [0, 0.1) is 0 Å². The summed E-state index contributed by atoms with van der Waals surface area (Å²) in [5.74, 6) is -0.341. The molecule has 0 aromatic carbocycles. The van der Waals surface area contributed by atoms with Crippen molar-refractivity contribution in [3.8, 4) is 0 Å². The monoisotopic (exact) mass is 760 g/mol. The SMILES string of the molecule is CCCCC/C=C\CCCCCCCC(=O)O[C@H](COCCCCCCCCCCCCCCCCCCCC)COP(=O)([O-])OCC[N+](C)(C)C. The van der Waals surface area contributed by atoms with Crippen molar-refractivity contribution in [2.75, 3.05) is 54.1 Å². The minimum absolute atomic E-state index is 0.0276. The van der Waals surface area contributed by atoms with Crippen molar-refractivity contribution >= 4 is 13.8 Å². The number of hydrogen-bond acceptors (Lipinski definition) is 7. The van der Waals surface area contributed by atoms with Crippen molar-refractivity contribution in [2.24, 2.45) is 0 Å². The molecule has 0 rings (SSSR count). The molecule has 0 aliphatic carbocycles. The van der Waals surface area contributed by atoms with Crippen LogP contribution in [0.1, 0.15) is 200 Å². The summed E-state index contributed by atoms with van der Waals surface area (Å²) < 4.78 is 34.6. The Morgan fingerprint density at radius 1 is 0.577 bits per heavy atom. The summed E-state index contributed by atoms with van der Waals surface area (Å²) in [5.41, 5.74) is 0. The van der Waals surface area contributed by atoms with Gasteiger partial charge in [0, 0.05) is 13.0 Å². The van der Waals surface area contributed by atoms with Crippen LogP contribution in [0.5, 0.6) is 0 Å². The van der Waals surface area contributed by atoms with E-state index < -0.39 is 13.9 Å². The Morgan fingerprint density at radius 2 is 1.00 bits per heavy atom. The van der Waals surface area contributed by atoms with E-state index in [1.54, 1.807) is 0 Å². The molecule has 0 spiro atoms. The molecule has 9 heteroatoms. The van der Waals surface area contributed by atoms with Gasteiger partial charge < -0.3 is 27.9 Å². The summed E-state index contributed by atoms with van der Waals surface area (Å²) in [5, 5.41) is 0. The molecule has 0 bridgehead atoms. The van der Waals surface area contributed by atoms with Crippen LogP contribution in [0.25, 0.3) is 0 Å². The molecule has 0 saturated carbocycles. The molecule has 0 aliphatic rings. The minimum Gasteiger partial charge on any atom is -0.756 e. The van der Waals surface area contributed by atoms with Gasteiger partial charge in [0.15, 0.2) is 0 Å². The highest BCUT2D eigenvalue weighted by Gasteiger charge is 2.20. The zero-order chi connectivity index (χ0) is 38.4. The fourth-order valence-electron chi connectivity index (χ4n) is 6.13. The Labute approximate surface area is 322 Å². The van der Waals surface area contributed by atoms with Gasteiger partial charge in [-0.1, -0.05) is 167 Å². The van der Waals surface area contributed by atoms with Gasteiger partial charge >= 0.3 is 5.97 Å². The first kappa shape index (κ1) is 51.2. The van der Waals surface area contributed by atoms with Crippen LogP contribution in [0.4, 0.5) is 0 Å². The van der Waals surface area contributed by atoms with Gasteiger partial charge in [0.05, 0.1) is 34.4 Å². The maximum Gasteiger partial charge on any atom is 0.306 e. The Hall–Kier alpha value is -0.760. The largest absolute Gasteiger partial charge is 0.756 e. The molecule has 0 amide bonds. The van der Waals surface area contributed by atoms with Crippen molar-refractivity contribution in [3.05, 3.63) is 12.2 Å². The maximum atomic E-state index is 12.6. The molecule has 0 saturated heterocycles. The summed E-state index contributed by atoms with van der Waals surface area (Å²) in [6.07, 6.45) is 39.3. The van der Waals surface area contributed by atoms with Crippen molar-refractivity contribution in [1.29, 1.82) is 0 Å². The Bertz CT molecular complexity index is 848. The van der Waals surface area contributed by atoms with E-state index in [-0.39, 0.29) is 25.8 Å². The average Bonchev–Trinajstić information content (AvgIpc) is 3.09. The molecular formula is C43H86NO7P. The summed E-state index contributed by atoms with van der Waals surface area (Å²) in [6, 6.07) is 0. The first-order valence-electron chi connectivity index (χ1n) is 21.9. The number of phosphoric acid groups is 1. The number of nitrogens with zero attached hydrogens (tertiary/aromatic N) is 1. The number of carbonyl (C=O) groups excluding carboxylic acids is 1. The number of hydrogen-bond donors (Lipinski definition) is 0. The fraction of sp³-hybridized carbons (Fsp3) is 0.930. The smallest absolute Gasteiger partial charge is 0.306 e. The molecule has 0 aromatic rings. The van der Waals surface area contributed by atoms with E-state index in [9.17, 15) is 14.3 Å². The number of ether oxygens (including phenoxy) is 2. The second kappa shape index (κ2) is 37.2. The fourth-order valence-corrected chi connectivity index (χ4v) is 6.86. The lowest BCUT2D eigenvalue weighted by atomic mass is 10.0. The minimum atomic E-state index is -4.52. The van der Waals surface area contributed by atoms with E-state index in [1.165, 1.54) is 135 Å². The second-order valence-corrected chi connectivity index (χ2v) is 17.5. The van der Waals surface area contributed by atoms with E-state index in [0.717, 1.165) is 44.9 Å². The quantitative estimate of drug-likeness (QED) is 0.0201. The van der Waals surface area contributed by atoms with Crippen LogP contribution >= 0.6 is 7.82 Å². The van der Waals surface area contributed by atoms with Gasteiger partial charge in [-0.25, -0.2) is 0 Å². The molecule has 310 valence electrons. The summed E-state index contributed by atoms with van der Waals surface area (Å²) in [6.45, 7) is 5.41. The third-order valence-corrected chi connectivity index (χ3v) is 10.5. The van der Waals surface area contributed by atoms with Gasteiger partial charge in [-0.2, -0.15) is 0 Å². The summed E-state index contributed by atoms with van der Waals surface area (Å²) in [4.78, 5) is 25.0. The lowest BCUT2D eigenvalue weighted by molar-refractivity contribution is -0.870. The maximum absolute atomic E-state index is 12.6. The zero-order valence-electron chi connectivity index (χ0n) is 35.0. The lowest BCUT2D eigenvalue weighted by Gasteiger charge is -2.28. The number of esters is 1. The number of quaternary nitrogens is 1. The standard InChI is InChI=1S/C43H86NO7P/c1-6-8-10-12-14-16-18-20-21-22-23-24-25-27-29-31-33-35-38-48-40-42(41-50-52(46,47)49-39-37-44(3,4)5)51-43(45)36-34-32-30-28-26-19-17-15-13-11-9-7-2/h15,17,42H,6-14,16,18-41H2,1-5H3/b17-15-/t42-/m1/s1. The molecule has 0 heterocycles. The third kappa shape index (κ3) is 40.4. The van der Waals surface area contributed by atoms with Crippen LogP contribution in [-0.2, 0) is 27.9 Å². The number of phosphoric ester groups is 1. The molecule has 0 fully saturated rings. The van der Waals surface area contributed by atoms with Crippen LogP contribution in [0.2, 0.25) is 0 Å². The molecule has 0 N–H and O–H groups in total. The first-order valence-corrected chi connectivity index (χ1v) is 23.4. The van der Waals surface area contributed by atoms with Crippen LogP contribution in [0.15, 0.2) is 12.2 Å². The predicted octanol–water partition coefficient (Wildman–Crippen LogP) is 12.0. The Kier molecular flexibility index (Phi) is 36.6. The third-order valence-electron chi connectivity index (χ3n) is 9.57. The van der Waals surface area contributed by atoms with E-state index in [0.29, 0.717) is 24.1 Å². The van der Waals surface area contributed by atoms with Crippen molar-refractivity contribution in [2.45, 2.75) is 206 Å². The number of carbonyl (C=O) groups is 1. The number of allylic oxidation sites excluding steroid dienone is 2. The normalized spacial score (nSPS) is 13.9. The van der Waals surface area contributed by atoms with Crippen molar-refractivity contribution in [3.63, 3.8) is 0 Å². The summed E-state index contributed by atoms with van der Waals surface area (Å²) >= 11 is 0. The zero-order valence-corrected chi connectivity index (χ0v) is 35.9. The van der Waals surface area contributed by atoms with Crippen LogP contribution < -0.4 is 4.89 Å². The van der Waals surface area contributed by atoms with E-state index >= 15 is 0 Å². The highest BCUT2D eigenvalue weighted by atomic mass is 31.2. The highest BCUT2D eigenvalue weighted by Crippen LogP contribution is 2.38. The lowest BCUT2D eigenvalue weighted by Crippen LogP contribution is -2.37. The Balaban J connectivity index is 4.17. The van der Waals surface area contributed by atoms with Gasteiger partial charge in [-0.05, 0) is 38.5 Å². The predicted molar refractivity (Wildman–Crippen MR) is 217 cm³/mol. The second-order valence-electron chi connectivity index (χ2n) is 16.1. The molecule has 0 aliphatic heterocycles. The van der Waals surface area contributed by atoms with Crippen molar-refractivity contribution in [1.82, 2.24) is 0 Å². The first-order chi connectivity index (χ1) is 25.1. The number of unbranched alkanes of at least 4 members (excludes halogenated alkanes) is 25. The van der Waals surface area contributed by atoms with Gasteiger partial charge in [0.1, 0.15) is 19.3 Å². The van der Waals surface area contributed by atoms with Gasteiger partial charge in [0.2, 0.25) is 0 Å². The molecule has 2 atom stereocenters. The van der Waals surface area contributed by atoms with Gasteiger partial charge in [-0.3, -0.25) is 9.36 Å². The number of rotatable bonds is 41. The highest BCUT2D eigenvalue weighted by molar-refractivity contribution is 7.45.